The van der Waals surface area contributed by atoms with Crippen molar-refractivity contribution < 1.29 is 4.79 Å². The average Bonchev–Trinajstić information content (AvgIpc) is 2.79. The van der Waals surface area contributed by atoms with Crippen LogP contribution in [-0.2, 0) is 4.79 Å². The van der Waals surface area contributed by atoms with Crippen molar-refractivity contribution >= 4 is 11.7 Å². The van der Waals surface area contributed by atoms with Crippen molar-refractivity contribution in [2.75, 3.05) is 45.2 Å². The third-order valence-electron chi connectivity index (χ3n) is 6.75. The number of anilines is 1. The normalized spacial score (nSPS) is 20.9. The maximum atomic E-state index is 13.2. The maximum Gasteiger partial charge on any atom is 0.227 e. The predicted octanol–water partition coefficient (Wildman–Crippen LogP) is 3.22. The fraction of sp³-hybridized carbons (Fsp3) is 0.542. The van der Waals surface area contributed by atoms with Crippen LogP contribution in [0.4, 0.5) is 5.82 Å². The highest BCUT2D eigenvalue weighted by molar-refractivity contribution is 5.80. The molecule has 6 nitrogen and oxygen atoms in total. The second-order valence-corrected chi connectivity index (χ2v) is 8.86. The van der Waals surface area contributed by atoms with Gasteiger partial charge in [-0.2, -0.15) is 0 Å². The fourth-order valence-corrected chi connectivity index (χ4v) is 4.73. The van der Waals surface area contributed by atoms with Gasteiger partial charge in [0.2, 0.25) is 5.91 Å². The van der Waals surface area contributed by atoms with Crippen molar-refractivity contribution in [3.8, 4) is 11.3 Å². The standard InChI is InChI=1S/C24H33N5O/c1-18-7-4-5-9-21(18)22-10-11-23(26-25-22)29-14-6-8-19(17-29)24(30)28(3)20-12-15-27(2)16-13-20/h4-5,7,9-11,19-20H,6,8,12-17H2,1-3H3. The minimum Gasteiger partial charge on any atom is -0.354 e. The van der Waals surface area contributed by atoms with Gasteiger partial charge in [-0.15, -0.1) is 10.2 Å². The Morgan fingerprint density at radius 3 is 2.50 bits per heavy atom. The van der Waals surface area contributed by atoms with Gasteiger partial charge in [-0.3, -0.25) is 4.79 Å². The van der Waals surface area contributed by atoms with Gasteiger partial charge in [0, 0.05) is 31.7 Å². The summed E-state index contributed by atoms with van der Waals surface area (Å²) in [4.78, 5) is 19.8. The number of nitrogens with zero attached hydrogens (tertiary/aromatic N) is 5. The van der Waals surface area contributed by atoms with Crippen LogP contribution in [0.5, 0.6) is 0 Å². The van der Waals surface area contributed by atoms with Gasteiger partial charge < -0.3 is 14.7 Å². The molecule has 0 saturated carbocycles. The molecular formula is C24H33N5O. The summed E-state index contributed by atoms with van der Waals surface area (Å²) < 4.78 is 0. The number of hydrogen-bond acceptors (Lipinski definition) is 5. The van der Waals surface area contributed by atoms with Gasteiger partial charge in [-0.1, -0.05) is 24.3 Å². The van der Waals surface area contributed by atoms with Crippen LogP contribution in [0.3, 0.4) is 0 Å². The van der Waals surface area contributed by atoms with Crippen molar-refractivity contribution in [3.63, 3.8) is 0 Å². The molecule has 0 spiro atoms. The monoisotopic (exact) mass is 407 g/mol. The number of likely N-dealkylation sites (tertiary alicyclic amines) is 1. The zero-order valence-corrected chi connectivity index (χ0v) is 18.4. The number of carbonyl (C=O) groups is 1. The first kappa shape index (κ1) is 20.8. The van der Waals surface area contributed by atoms with E-state index in [1.54, 1.807) is 0 Å². The average molecular weight is 408 g/mol. The molecule has 0 N–H and O–H groups in total. The maximum absolute atomic E-state index is 13.2. The van der Waals surface area contributed by atoms with Crippen molar-refractivity contribution in [2.45, 2.75) is 38.6 Å². The van der Waals surface area contributed by atoms with E-state index in [0.29, 0.717) is 11.9 Å². The van der Waals surface area contributed by atoms with E-state index in [9.17, 15) is 4.79 Å². The van der Waals surface area contributed by atoms with Gasteiger partial charge in [-0.25, -0.2) is 0 Å². The van der Waals surface area contributed by atoms with Crippen molar-refractivity contribution in [1.82, 2.24) is 20.0 Å². The van der Waals surface area contributed by atoms with Gasteiger partial charge >= 0.3 is 0 Å². The molecule has 6 heteroatoms. The smallest absolute Gasteiger partial charge is 0.227 e. The lowest BCUT2D eigenvalue weighted by Crippen LogP contribution is -2.49. The lowest BCUT2D eigenvalue weighted by molar-refractivity contribution is -0.137. The molecule has 160 valence electrons. The van der Waals surface area contributed by atoms with Gasteiger partial charge in [-0.05, 0) is 70.4 Å². The van der Waals surface area contributed by atoms with Crippen LogP contribution in [0.1, 0.15) is 31.2 Å². The number of carbonyl (C=O) groups excluding carboxylic acids is 1. The Morgan fingerprint density at radius 1 is 1.03 bits per heavy atom. The Balaban J connectivity index is 1.41. The number of aryl methyl sites for hydroxylation is 1. The number of rotatable bonds is 4. The molecule has 3 heterocycles. The summed E-state index contributed by atoms with van der Waals surface area (Å²) in [5.41, 5.74) is 3.20. The van der Waals surface area contributed by atoms with Crippen LogP contribution in [0.2, 0.25) is 0 Å². The first-order valence-corrected chi connectivity index (χ1v) is 11.1. The van der Waals surface area contributed by atoms with E-state index in [4.69, 9.17) is 0 Å². The first-order chi connectivity index (χ1) is 14.5. The van der Waals surface area contributed by atoms with Crippen LogP contribution in [0.15, 0.2) is 36.4 Å². The van der Waals surface area contributed by atoms with E-state index in [1.165, 1.54) is 5.56 Å². The molecule has 1 aromatic carbocycles. The number of hydrogen-bond donors (Lipinski definition) is 0. The van der Waals surface area contributed by atoms with Crippen LogP contribution in [0, 0.1) is 12.8 Å². The summed E-state index contributed by atoms with van der Waals surface area (Å²) in [5, 5.41) is 8.98. The van der Waals surface area contributed by atoms with Crippen LogP contribution in [0.25, 0.3) is 11.3 Å². The Kier molecular flexibility index (Phi) is 6.32. The SMILES string of the molecule is Cc1ccccc1-c1ccc(N2CCCC(C(=O)N(C)C3CCN(C)CC3)C2)nn1. The van der Waals surface area contributed by atoms with Crippen molar-refractivity contribution in [2.24, 2.45) is 5.92 Å². The highest BCUT2D eigenvalue weighted by atomic mass is 16.2. The quantitative estimate of drug-likeness (QED) is 0.779. The van der Waals surface area contributed by atoms with E-state index in [1.807, 2.05) is 36.2 Å². The summed E-state index contributed by atoms with van der Waals surface area (Å²) in [6, 6.07) is 12.7. The number of amides is 1. The second kappa shape index (κ2) is 9.13. The predicted molar refractivity (Wildman–Crippen MR) is 120 cm³/mol. The van der Waals surface area contributed by atoms with Gasteiger partial charge in [0.05, 0.1) is 11.6 Å². The Hall–Kier alpha value is -2.47. The van der Waals surface area contributed by atoms with Crippen molar-refractivity contribution in [1.29, 1.82) is 0 Å². The minimum atomic E-state index is 0.0428. The summed E-state index contributed by atoms with van der Waals surface area (Å²) in [7, 11) is 4.15. The molecule has 1 amide bonds. The van der Waals surface area contributed by atoms with E-state index in [2.05, 4.69) is 46.1 Å². The minimum absolute atomic E-state index is 0.0428. The van der Waals surface area contributed by atoms with Crippen LogP contribution < -0.4 is 4.90 Å². The number of benzene rings is 1. The highest BCUT2D eigenvalue weighted by Gasteiger charge is 2.32. The molecule has 1 unspecified atom stereocenters. The van der Waals surface area contributed by atoms with Gasteiger partial charge in [0.15, 0.2) is 5.82 Å². The van der Waals surface area contributed by atoms with Crippen molar-refractivity contribution in [3.05, 3.63) is 42.0 Å². The number of piperidine rings is 2. The molecule has 2 aromatic rings. The van der Waals surface area contributed by atoms with Gasteiger partial charge in [0.1, 0.15) is 0 Å². The largest absolute Gasteiger partial charge is 0.354 e. The van der Waals surface area contributed by atoms with E-state index >= 15 is 0 Å². The Morgan fingerprint density at radius 2 is 1.80 bits per heavy atom. The molecule has 1 aromatic heterocycles. The lowest BCUT2D eigenvalue weighted by atomic mass is 9.94. The molecule has 0 bridgehead atoms. The van der Waals surface area contributed by atoms with E-state index in [0.717, 1.165) is 68.9 Å². The molecule has 2 fully saturated rings. The summed E-state index contributed by atoms with van der Waals surface area (Å²) in [5.74, 6) is 1.20. The molecule has 4 rings (SSSR count). The Labute approximate surface area is 179 Å². The van der Waals surface area contributed by atoms with Crippen LogP contribution in [-0.4, -0.2) is 72.2 Å². The summed E-state index contributed by atoms with van der Waals surface area (Å²) in [6.07, 6.45) is 4.11. The lowest BCUT2D eigenvalue weighted by Gasteiger charge is -2.39. The molecule has 0 radical (unpaired) electrons. The highest BCUT2D eigenvalue weighted by Crippen LogP contribution is 2.26. The molecule has 2 aliphatic rings. The fourth-order valence-electron chi connectivity index (χ4n) is 4.73. The second-order valence-electron chi connectivity index (χ2n) is 8.86. The third kappa shape index (κ3) is 4.48. The molecule has 0 aliphatic carbocycles. The van der Waals surface area contributed by atoms with E-state index < -0.39 is 0 Å². The molecule has 1 atom stereocenters. The molecule has 2 saturated heterocycles. The zero-order chi connectivity index (χ0) is 21.1. The summed E-state index contributed by atoms with van der Waals surface area (Å²) >= 11 is 0. The summed E-state index contributed by atoms with van der Waals surface area (Å²) in [6.45, 7) is 5.89. The topological polar surface area (TPSA) is 52.6 Å². The number of aromatic nitrogens is 2. The first-order valence-electron chi connectivity index (χ1n) is 11.1. The van der Waals surface area contributed by atoms with E-state index in [-0.39, 0.29) is 5.92 Å². The third-order valence-corrected chi connectivity index (χ3v) is 6.75. The molecule has 2 aliphatic heterocycles. The molecular weight excluding hydrogens is 374 g/mol. The Bertz CT molecular complexity index is 860. The zero-order valence-electron chi connectivity index (χ0n) is 18.4. The molecule has 30 heavy (non-hydrogen) atoms. The van der Waals surface area contributed by atoms with Crippen LogP contribution >= 0.6 is 0 Å². The van der Waals surface area contributed by atoms with Gasteiger partial charge in [0.25, 0.3) is 0 Å².